The summed E-state index contributed by atoms with van der Waals surface area (Å²) in [6, 6.07) is 8.13. The van der Waals surface area contributed by atoms with E-state index < -0.39 is 30.3 Å². The first kappa shape index (κ1) is 16.3. The van der Waals surface area contributed by atoms with Crippen LogP contribution in [0.2, 0.25) is 0 Å². The molecule has 1 amide bonds. The Morgan fingerprint density at radius 3 is 2.64 bits per heavy atom. The Morgan fingerprint density at radius 2 is 2.05 bits per heavy atom. The molecular weight excluding hydrogens is 290 g/mol. The summed E-state index contributed by atoms with van der Waals surface area (Å²) in [6.07, 6.45) is -0.819. The maximum Gasteiger partial charge on any atom is 0.410 e. The van der Waals surface area contributed by atoms with Gasteiger partial charge in [-0.25, -0.2) is 9.59 Å². The fraction of sp³-hybridized carbons (Fsp3) is 0.467. The Hall–Kier alpha value is -2.12. The first-order valence-electron chi connectivity index (χ1n) is 6.87. The lowest BCUT2D eigenvalue weighted by Gasteiger charge is -2.22. The zero-order valence-electron chi connectivity index (χ0n) is 12.3. The summed E-state index contributed by atoms with van der Waals surface area (Å²) in [5.74, 6) is -0.652. The first-order chi connectivity index (χ1) is 10.5. The first-order valence-corrected chi connectivity index (χ1v) is 6.87. The van der Waals surface area contributed by atoms with Gasteiger partial charge in [0, 0.05) is 6.42 Å². The van der Waals surface area contributed by atoms with Crippen molar-refractivity contribution < 1.29 is 29.3 Å². The van der Waals surface area contributed by atoms with Gasteiger partial charge in [0.05, 0.1) is 20.3 Å². The second kappa shape index (κ2) is 6.76. The molecule has 1 unspecified atom stereocenters. The number of hydrogen-bond donors (Lipinski definition) is 2. The number of rotatable bonds is 4. The predicted octanol–water partition coefficient (Wildman–Crippen LogP) is 0.294. The largest absolute Gasteiger partial charge is 0.467 e. The molecule has 1 heterocycles. The molecule has 7 heteroatoms. The number of ether oxygens (including phenoxy) is 2. The Morgan fingerprint density at radius 1 is 1.36 bits per heavy atom. The third-order valence-corrected chi connectivity index (χ3v) is 3.62. The highest BCUT2D eigenvalue weighted by atomic mass is 16.6. The molecule has 1 aromatic rings. The van der Waals surface area contributed by atoms with Crippen molar-refractivity contribution in [3.05, 3.63) is 35.9 Å². The number of nitrogens with zero attached hydrogens (tertiary/aromatic N) is 1. The minimum Gasteiger partial charge on any atom is -0.467 e. The number of carbonyl (C=O) groups excluding carboxylic acids is 2. The van der Waals surface area contributed by atoms with Gasteiger partial charge in [0.1, 0.15) is 18.2 Å². The van der Waals surface area contributed by atoms with E-state index in [1.165, 1.54) is 7.11 Å². The van der Waals surface area contributed by atoms with Gasteiger partial charge in [-0.15, -0.1) is 0 Å². The lowest BCUT2D eigenvalue weighted by Crippen LogP contribution is -2.42. The minimum absolute atomic E-state index is 0.0572. The summed E-state index contributed by atoms with van der Waals surface area (Å²) in [5, 5.41) is 19.3. The molecule has 22 heavy (non-hydrogen) atoms. The number of hydrogen-bond acceptors (Lipinski definition) is 6. The van der Waals surface area contributed by atoms with Crippen LogP contribution in [0, 0.1) is 0 Å². The Bertz CT molecular complexity index is 534. The van der Waals surface area contributed by atoms with Gasteiger partial charge < -0.3 is 19.7 Å². The zero-order valence-corrected chi connectivity index (χ0v) is 12.3. The lowest BCUT2D eigenvalue weighted by atomic mass is 10.0. The molecule has 2 atom stereocenters. The maximum absolute atomic E-state index is 12.2. The second-order valence-corrected chi connectivity index (χ2v) is 5.29. The van der Waals surface area contributed by atoms with E-state index in [-0.39, 0.29) is 19.6 Å². The van der Waals surface area contributed by atoms with Crippen LogP contribution < -0.4 is 0 Å². The molecule has 2 N–H and O–H groups in total. The fourth-order valence-corrected chi connectivity index (χ4v) is 2.42. The zero-order chi connectivity index (χ0) is 16.2. The van der Waals surface area contributed by atoms with Crippen molar-refractivity contribution in [1.29, 1.82) is 0 Å². The molecule has 0 spiro atoms. The summed E-state index contributed by atoms with van der Waals surface area (Å²) in [6.45, 7) is -0.679. The molecule has 1 aromatic carbocycles. The number of aliphatic hydroxyl groups excluding tert-OH is 1. The second-order valence-electron chi connectivity index (χ2n) is 5.29. The van der Waals surface area contributed by atoms with E-state index in [0.29, 0.717) is 0 Å². The molecule has 0 aliphatic carbocycles. The van der Waals surface area contributed by atoms with Gasteiger partial charge in [0.2, 0.25) is 0 Å². The van der Waals surface area contributed by atoms with Crippen molar-refractivity contribution in [3.8, 4) is 0 Å². The van der Waals surface area contributed by atoms with Crippen LogP contribution in [0.25, 0.3) is 0 Å². The van der Waals surface area contributed by atoms with Crippen LogP contribution in [0.3, 0.4) is 0 Å². The molecule has 2 rings (SSSR count). The average Bonchev–Trinajstić information content (AvgIpc) is 2.91. The van der Waals surface area contributed by atoms with E-state index in [2.05, 4.69) is 4.74 Å². The Labute approximate surface area is 128 Å². The summed E-state index contributed by atoms with van der Waals surface area (Å²) < 4.78 is 9.80. The molecule has 0 saturated carbocycles. The molecule has 0 aromatic heterocycles. The highest BCUT2D eigenvalue weighted by Crippen LogP contribution is 2.28. The van der Waals surface area contributed by atoms with E-state index in [1.807, 2.05) is 18.2 Å². The lowest BCUT2D eigenvalue weighted by molar-refractivity contribution is -0.145. The monoisotopic (exact) mass is 309 g/mol. The van der Waals surface area contributed by atoms with Crippen LogP contribution in [-0.2, 0) is 20.9 Å². The highest BCUT2D eigenvalue weighted by Gasteiger charge is 2.48. The van der Waals surface area contributed by atoms with Crippen LogP contribution in [0.4, 0.5) is 4.79 Å². The highest BCUT2D eigenvalue weighted by molar-refractivity contribution is 5.82. The number of benzene rings is 1. The van der Waals surface area contributed by atoms with Gasteiger partial charge in [0.25, 0.3) is 0 Å². The van der Waals surface area contributed by atoms with Crippen molar-refractivity contribution >= 4 is 12.1 Å². The summed E-state index contributed by atoms with van der Waals surface area (Å²) >= 11 is 0. The van der Waals surface area contributed by atoms with Gasteiger partial charge >= 0.3 is 12.1 Å². The Kier molecular flexibility index (Phi) is 4.99. The molecule has 1 aliphatic heterocycles. The van der Waals surface area contributed by atoms with Gasteiger partial charge in [-0.1, -0.05) is 30.3 Å². The van der Waals surface area contributed by atoms with E-state index in [9.17, 15) is 19.8 Å². The Balaban J connectivity index is 2.04. The van der Waals surface area contributed by atoms with Crippen LogP contribution in [0.1, 0.15) is 12.0 Å². The molecule has 1 fully saturated rings. The number of esters is 1. The smallest absolute Gasteiger partial charge is 0.410 e. The van der Waals surface area contributed by atoms with E-state index in [4.69, 9.17) is 4.74 Å². The van der Waals surface area contributed by atoms with Crippen molar-refractivity contribution in [2.45, 2.75) is 24.7 Å². The van der Waals surface area contributed by atoms with Crippen LogP contribution in [0.5, 0.6) is 0 Å². The van der Waals surface area contributed by atoms with Gasteiger partial charge in [0.15, 0.2) is 0 Å². The average molecular weight is 309 g/mol. The van der Waals surface area contributed by atoms with Gasteiger partial charge in [-0.3, -0.25) is 4.90 Å². The topological polar surface area (TPSA) is 96.3 Å². The van der Waals surface area contributed by atoms with Crippen LogP contribution >= 0.6 is 0 Å². The van der Waals surface area contributed by atoms with E-state index >= 15 is 0 Å². The summed E-state index contributed by atoms with van der Waals surface area (Å²) in [7, 11) is 1.20. The van der Waals surface area contributed by atoms with Crippen molar-refractivity contribution in [1.82, 2.24) is 4.90 Å². The third kappa shape index (κ3) is 3.55. The van der Waals surface area contributed by atoms with Crippen molar-refractivity contribution in [2.75, 3.05) is 20.3 Å². The molecule has 120 valence electrons. The molecule has 7 nitrogen and oxygen atoms in total. The van der Waals surface area contributed by atoms with Gasteiger partial charge in [-0.05, 0) is 5.56 Å². The van der Waals surface area contributed by atoms with E-state index in [1.54, 1.807) is 12.1 Å². The number of carbonyl (C=O) groups is 2. The normalized spacial score (nSPS) is 24.1. The molecule has 1 aliphatic rings. The van der Waals surface area contributed by atoms with Crippen LogP contribution in [-0.4, -0.2) is 59.1 Å². The van der Waals surface area contributed by atoms with Crippen LogP contribution in [0.15, 0.2) is 30.3 Å². The number of amides is 1. The number of β-amino-alcohol motifs (C(OH)–C–C–N with tert-alkyl or cyclic N) is 1. The number of likely N-dealkylation sites (tertiary alicyclic amines) is 1. The fourth-order valence-electron chi connectivity index (χ4n) is 2.42. The standard InChI is InChI=1S/C15H19NO6/c1-21-13(18)12-7-15(20,10-17)9-16(12)14(19)22-8-11-5-3-2-4-6-11/h2-6,12,17,20H,7-10H2,1H3/t12-,15?/m0/s1. The summed E-state index contributed by atoms with van der Waals surface area (Å²) in [4.78, 5) is 25.0. The number of aliphatic hydroxyl groups is 2. The van der Waals surface area contributed by atoms with Crippen molar-refractivity contribution in [2.24, 2.45) is 0 Å². The quantitative estimate of drug-likeness (QED) is 0.776. The number of methoxy groups -OCH3 is 1. The third-order valence-electron chi connectivity index (χ3n) is 3.62. The maximum atomic E-state index is 12.2. The molecule has 1 saturated heterocycles. The molecule has 0 radical (unpaired) electrons. The summed E-state index contributed by atoms with van der Waals surface area (Å²) in [5.41, 5.74) is -0.716. The van der Waals surface area contributed by atoms with E-state index in [0.717, 1.165) is 10.5 Å². The van der Waals surface area contributed by atoms with Crippen molar-refractivity contribution in [3.63, 3.8) is 0 Å². The SMILES string of the molecule is COC(=O)[C@@H]1CC(O)(CO)CN1C(=O)OCc1ccccc1. The van der Waals surface area contributed by atoms with Gasteiger partial charge in [-0.2, -0.15) is 0 Å². The minimum atomic E-state index is -1.52. The molecular formula is C15H19NO6. The molecule has 0 bridgehead atoms. The predicted molar refractivity (Wildman–Crippen MR) is 75.8 cm³/mol.